The molecule has 2 heteroatoms. The van der Waals surface area contributed by atoms with Gasteiger partial charge in [0.1, 0.15) is 11.5 Å². The maximum Gasteiger partial charge on any atom is 0.143 e. The molecule has 0 atom stereocenters. The smallest absolute Gasteiger partial charge is 0.143 e. The second kappa shape index (κ2) is 13.4. The van der Waals surface area contributed by atoms with Gasteiger partial charge >= 0.3 is 0 Å². The van der Waals surface area contributed by atoms with Crippen molar-refractivity contribution in [1.82, 2.24) is 0 Å². The molecule has 0 saturated heterocycles. The minimum atomic E-state index is 0.859. The first kappa shape index (κ1) is 31.6. The van der Waals surface area contributed by atoms with Crippen molar-refractivity contribution in [3.63, 3.8) is 0 Å². The Bertz CT molecular complexity index is 2670. The molecule has 0 N–H and O–H groups in total. The Morgan fingerprint density at radius 1 is 0.296 bits per heavy atom. The van der Waals surface area contributed by atoms with E-state index in [0.717, 1.165) is 61.6 Å². The molecular formula is C52H35NO. The summed E-state index contributed by atoms with van der Waals surface area (Å²) in [6, 6.07) is 75.7. The van der Waals surface area contributed by atoms with E-state index in [2.05, 4.69) is 217 Å². The Hall–Kier alpha value is -7.16. The van der Waals surface area contributed by atoms with Crippen LogP contribution in [-0.2, 0) is 0 Å². The fourth-order valence-electron chi connectivity index (χ4n) is 7.77. The Morgan fingerprint density at radius 3 is 1.31 bits per heavy atom. The van der Waals surface area contributed by atoms with E-state index in [1.165, 1.54) is 33.4 Å². The zero-order valence-electron chi connectivity index (χ0n) is 29.6. The fourth-order valence-corrected chi connectivity index (χ4v) is 7.77. The minimum Gasteiger partial charge on any atom is -0.455 e. The van der Waals surface area contributed by atoms with Crippen LogP contribution >= 0.6 is 0 Å². The van der Waals surface area contributed by atoms with Gasteiger partial charge in [-0.1, -0.05) is 152 Å². The first-order valence-corrected chi connectivity index (χ1v) is 18.4. The van der Waals surface area contributed by atoms with E-state index in [9.17, 15) is 0 Å². The zero-order valence-corrected chi connectivity index (χ0v) is 29.6. The summed E-state index contributed by atoms with van der Waals surface area (Å²) < 4.78 is 7.03. The van der Waals surface area contributed by atoms with Crippen LogP contribution in [0.4, 0.5) is 17.1 Å². The number of ether oxygens (including phenoxy) is 1. The summed E-state index contributed by atoms with van der Waals surface area (Å²) in [6.45, 7) is 0. The van der Waals surface area contributed by atoms with Gasteiger partial charge in [0.25, 0.3) is 0 Å². The molecule has 54 heavy (non-hydrogen) atoms. The summed E-state index contributed by atoms with van der Waals surface area (Å²) in [7, 11) is 0. The Morgan fingerprint density at radius 2 is 0.741 bits per heavy atom. The maximum absolute atomic E-state index is 7.03. The van der Waals surface area contributed by atoms with Gasteiger partial charge in [-0.15, -0.1) is 0 Å². The van der Waals surface area contributed by atoms with Gasteiger partial charge in [-0.3, -0.25) is 0 Å². The second-order valence-electron chi connectivity index (χ2n) is 13.7. The SMILES string of the molecule is c1ccc(-c2ccc(N(c3ccc(-c4ccccc4)cc3)c3ccc4c5c(ccc4c3)-c3ccccc3-c3ccc(-c4ccccc4)cc3O5)cc2)cc1. The summed E-state index contributed by atoms with van der Waals surface area (Å²) in [5, 5.41) is 2.18. The molecule has 0 radical (unpaired) electrons. The van der Waals surface area contributed by atoms with Crippen LogP contribution in [0.5, 0.6) is 11.5 Å². The second-order valence-corrected chi connectivity index (χ2v) is 13.7. The summed E-state index contributed by atoms with van der Waals surface area (Å²) in [5.41, 5.74) is 14.8. The molecule has 0 spiro atoms. The quantitative estimate of drug-likeness (QED) is 0.172. The van der Waals surface area contributed by atoms with Crippen molar-refractivity contribution < 1.29 is 4.74 Å². The fraction of sp³-hybridized carbons (Fsp3) is 0. The van der Waals surface area contributed by atoms with Crippen LogP contribution in [0.15, 0.2) is 212 Å². The van der Waals surface area contributed by atoms with E-state index in [1.807, 2.05) is 0 Å². The minimum absolute atomic E-state index is 0.859. The van der Waals surface area contributed by atoms with Crippen molar-refractivity contribution in [2.24, 2.45) is 0 Å². The Balaban J connectivity index is 1.10. The van der Waals surface area contributed by atoms with E-state index in [0.29, 0.717) is 0 Å². The van der Waals surface area contributed by atoms with Crippen LogP contribution in [0.3, 0.4) is 0 Å². The average molecular weight is 690 g/mol. The van der Waals surface area contributed by atoms with Gasteiger partial charge < -0.3 is 9.64 Å². The number of rotatable bonds is 6. The highest BCUT2D eigenvalue weighted by Crippen LogP contribution is 2.50. The van der Waals surface area contributed by atoms with Crippen LogP contribution in [0.2, 0.25) is 0 Å². The van der Waals surface area contributed by atoms with E-state index in [4.69, 9.17) is 4.74 Å². The molecule has 9 aromatic carbocycles. The molecule has 0 unspecified atom stereocenters. The van der Waals surface area contributed by atoms with E-state index in [-0.39, 0.29) is 0 Å². The molecular weight excluding hydrogens is 655 g/mol. The van der Waals surface area contributed by atoms with Gasteiger partial charge in [0.15, 0.2) is 0 Å². The standard InChI is InChI=1S/C52H35NO/c1-4-12-36(13-5-1)39-20-26-43(27-21-39)53(44-28-22-40(23-29-44)37-14-6-2-7-15-37)45-30-33-46-42(34-45)25-32-50-48-19-11-10-18-47(48)49-31-24-41(35-51(49)54-52(46)50)38-16-8-3-9-17-38/h1-35H. The molecule has 0 fully saturated rings. The number of fused-ring (bicyclic) bond motifs is 7. The molecule has 1 aliphatic heterocycles. The molecule has 9 aromatic rings. The monoisotopic (exact) mass is 689 g/mol. The molecule has 10 rings (SSSR count). The number of hydrogen-bond acceptors (Lipinski definition) is 2. The van der Waals surface area contributed by atoms with Crippen LogP contribution in [0.1, 0.15) is 0 Å². The molecule has 0 amide bonds. The lowest BCUT2D eigenvalue weighted by molar-refractivity contribution is 0.493. The first-order valence-electron chi connectivity index (χ1n) is 18.4. The van der Waals surface area contributed by atoms with E-state index >= 15 is 0 Å². The average Bonchev–Trinajstić information content (AvgIpc) is 3.39. The molecule has 0 aromatic heterocycles. The highest BCUT2D eigenvalue weighted by atomic mass is 16.5. The number of benzene rings is 9. The van der Waals surface area contributed by atoms with Gasteiger partial charge in [0.05, 0.1) is 0 Å². The molecule has 254 valence electrons. The van der Waals surface area contributed by atoms with Gasteiger partial charge in [0, 0.05) is 33.6 Å². The molecule has 2 nitrogen and oxygen atoms in total. The van der Waals surface area contributed by atoms with Gasteiger partial charge in [0.2, 0.25) is 0 Å². The maximum atomic E-state index is 7.03. The first-order chi connectivity index (χ1) is 26.8. The summed E-state index contributed by atoms with van der Waals surface area (Å²) in [4.78, 5) is 2.34. The van der Waals surface area contributed by atoms with E-state index in [1.54, 1.807) is 0 Å². The lowest BCUT2D eigenvalue weighted by Gasteiger charge is -2.26. The lowest BCUT2D eigenvalue weighted by atomic mass is 9.92. The normalized spacial score (nSPS) is 11.5. The Labute approximate surface area is 315 Å². The molecule has 0 saturated carbocycles. The number of hydrogen-bond donors (Lipinski definition) is 0. The predicted molar refractivity (Wildman–Crippen MR) is 226 cm³/mol. The van der Waals surface area contributed by atoms with Crippen molar-refractivity contribution in [2.45, 2.75) is 0 Å². The number of nitrogens with zero attached hydrogens (tertiary/aromatic N) is 1. The highest BCUT2D eigenvalue weighted by molar-refractivity contribution is 6.02. The summed E-state index contributed by atoms with van der Waals surface area (Å²) >= 11 is 0. The molecule has 1 aliphatic rings. The topological polar surface area (TPSA) is 12.5 Å². The Kier molecular flexibility index (Phi) is 7.85. The zero-order chi connectivity index (χ0) is 35.8. The molecule has 0 bridgehead atoms. The predicted octanol–water partition coefficient (Wildman–Crippen LogP) is 14.8. The largest absolute Gasteiger partial charge is 0.455 e. The van der Waals surface area contributed by atoms with Gasteiger partial charge in [-0.2, -0.15) is 0 Å². The lowest BCUT2D eigenvalue weighted by Crippen LogP contribution is -2.10. The van der Waals surface area contributed by atoms with Gasteiger partial charge in [-0.05, 0) is 111 Å². The molecule has 1 heterocycles. The van der Waals surface area contributed by atoms with Crippen molar-refractivity contribution in [3.05, 3.63) is 212 Å². The van der Waals surface area contributed by atoms with Crippen molar-refractivity contribution in [3.8, 4) is 67.1 Å². The van der Waals surface area contributed by atoms with Crippen molar-refractivity contribution in [2.75, 3.05) is 4.90 Å². The third-order valence-electron chi connectivity index (χ3n) is 10.5. The molecule has 0 aliphatic carbocycles. The van der Waals surface area contributed by atoms with Crippen molar-refractivity contribution in [1.29, 1.82) is 0 Å². The summed E-state index contributed by atoms with van der Waals surface area (Å²) in [5.74, 6) is 1.74. The van der Waals surface area contributed by atoms with E-state index < -0.39 is 0 Å². The van der Waals surface area contributed by atoms with Crippen LogP contribution in [0.25, 0.3) is 66.4 Å². The van der Waals surface area contributed by atoms with Crippen LogP contribution < -0.4 is 9.64 Å². The van der Waals surface area contributed by atoms with Crippen LogP contribution in [-0.4, -0.2) is 0 Å². The third-order valence-corrected chi connectivity index (χ3v) is 10.5. The van der Waals surface area contributed by atoms with Crippen molar-refractivity contribution >= 4 is 27.8 Å². The van der Waals surface area contributed by atoms with Crippen LogP contribution in [0, 0.1) is 0 Å². The highest BCUT2D eigenvalue weighted by Gasteiger charge is 2.24. The number of anilines is 3. The summed E-state index contributed by atoms with van der Waals surface area (Å²) in [6.07, 6.45) is 0. The van der Waals surface area contributed by atoms with Gasteiger partial charge in [-0.25, -0.2) is 0 Å². The third kappa shape index (κ3) is 5.71.